The van der Waals surface area contributed by atoms with Crippen LogP contribution in [0.2, 0.25) is 0 Å². The first-order valence-electron chi connectivity index (χ1n) is 7.01. The van der Waals surface area contributed by atoms with E-state index in [2.05, 4.69) is 27.2 Å². The van der Waals surface area contributed by atoms with Gasteiger partial charge in [-0.2, -0.15) is 5.10 Å². The number of likely N-dealkylation sites (tertiary alicyclic amines) is 1. The van der Waals surface area contributed by atoms with Gasteiger partial charge in [-0.3, -0.25) is 4.79 Å². The Bertz CT molecular complexity index is 392. The van der Waals surface area contributed by atoms with Crippen LogP contribution in [-0.2, 0) is 4.79 Å². The van der Waals surface area contributed by atoms with Gasteiger partial charge in [0.15, 0.2) is 0 Å². The normalized spacial score (nSPS) is 22.1. The zero-order valence-corrected chi connectivity index (χ0v) is 11.7. The number of rotatable bonds is 5. The summed E-state index contributed by atoms with van der Waals surface area (Å²) in [5.41, 5.74) is 0. The third kappa shape index (κ3) is 4.02. The van der Waals surface area contributed by atoms with Crippen LogP contribution in [0, 0.1) is 5.92 Å². The summed E-state index contributed by atoms with van der Waals surface area (Å²) < 4.78 is 1.57. The summed E-state index contributed by atoms with van der Waals surface area (Å²) >= 11 is 0. The summed E-state index contributed by atoms with van der Waals surface area (Å²) in [4.78, 5) is 18.2. The average Bonchev–Trinajstić information content (AvgIpc) is 2.91. The van der Waals surface area contributed by atoms with E-state index in [4.69, 9.17) is 0 Å². The smallest absolute Gasteiger partial charge is 0.244 e. The third-order valence-corrected chi connectivity index (χ3v) is 3.68. The van der Waals surface area contributed by atoms with Gasteiger partial charge in [0.25, 0.3) is 0 Å². The topological polar surface area (TPSA) is 63.1 Å². The molecule has 1 aliphatic rings. The molecule has 0 spiro atoms. The van der Waals surface area contributed by atoms with Crippen LogP contribution in [0.1, 0.15) is 32.7 Å². The lowest BCUT2D eigenvalue weighted by molar-refractivity contribution is -0.124. The highest BCUT2D eigenvalue weighted by Crippen LogP contribution is 2.14. The Hall–Kier alpha value is -1.43. The van der Waals surface area contributed by atoms with E-state index in [9.17, 15) is 4.79 Å². The van der Waals surface area contributed by atoms with Gasteiger partial charge < -0.3 is 10.2 Å². The summed E-state index contributed by atoms with van der Waals surface area (Å²) in [5, 5.41) is 6.94. The van der Waals surface area contributed by atoms with E-state index < -0.39 is 0 Å². The monoisotopic (exact) mass is 265 g/mol. The summed E-state index contributed by atoms with van der Waals surface area (Å²) in [6, 6.07) is -0.303. The van der Waals surface area contributed by atoms with E-state index in [1.165, 1.54) is 19.2 Å². The Morgan fingerprint density at radius 1 is 1.58 bits per heavy atom. The van der Waals surface area contributed by atoms with Crippen LogP contribution in [0.5, 0.6) is 0 Å². The van der Waals surface area contributed by atoms with Crippen molar-refractivity contribution >= 4 is 5.91 Å². The molecule has 0 radical (unpaired) electrons. The van der Waals surface area contributed by atoms with Crippen LogP contribution in [0.3, 0.4) is 0 Å². The molecule has 1 amide bonds. The quantitative estimate of drug-likeness (QED) is 0.850. The molecule has 6 heteroatoms. The Balaban J connectivity index is 1.69. The molecule has 0 saturated carbocycles. The molecule has 0 unspecified atom stereocenters. The Morgan fingerprint density at radius 3 is 3.11 bits per heavy atom. The molecule has 0 bridgehead atoms. The van der Waals surface area contributed by atoms with Crippen molar-refractivity contribution in [2.45, 2.75) is 32.7 Å². The van der Waals surface area contributed by atoms with E-state index in [-0.39, 0.29) is 11.9 Å². The number of carbonyl (C=O) groups excluding carboxylic acids is 1. The van der Waals surface area contributed by atoms with Gasteiger partial charge in [-0.15, -0.1) is 0 Å². The lowest BCUT2D eigenvalue weighted by Crippen LogP contribution is -2.41. The number of hydrogen-bond donors (Lipinski definition) is 1. The zero-order chi connectivity index (χ0) is 13.7. The van der Waals surface area contributed by atoms with E-state index >= 15 is 0 Å². The van der Waals surface area contributed by atoms with Crippen molar-refractivity contribution in [2.24, 2.45) is 5.92 Å². The second-order valence-corrected chi connectivity index (χ2v) is 5.39. The lowest BCUT2D eigenvalue weighted by atomic mass is 10.0. The third-order valence-electron chi connectivity index (χ3n) is 3.68. The second-order valence-electron chi connectivity index (χ2n) is 5.39. The lowest BCUT2D eigenvalue weighted by Gasteiger charge is -2.30. The fraction of sp³-hybridized carbons (Fsp3) is 0.769. The summed E-state index contributed by atoms with van der Waals surface area (Å²) in [6.45, 7) is 8.04. The van der Waals surface area contributed by atoms with E-state index in [0.717, 1.165) is 25.6 Å². The van der Waals surface area contributed by atoms with Crippen LogP contribution in [-0.4, -0.2) is 51.8 Å². The molecule has 1 aliphatic heterocycles. The number of nitrogens with one attached hydrogen (secondary N) is 1. The average molecular weight is 265 g/mol. The number of amides is 1. The maximum atomic E-state index is 11.9. The van der Waals surface area contributed by atoms with Gasteiger partial charge in [-0.05, 0) is 32.2 Å². The summed E-state index contributed by atoms with van der Waals surface area (Å²) in [7, 11) is 0. The molecule has 2 atom stereocenters. The molecule has 1 N–H and O–H groups in total. The second kappa shape index (κ2) is 6.65. The SMILES string of the molecule is C[C@@H]1CCCN(CCNC(=O)[C@@H](C)n2cncn2)C1. The molecule has 1 saturated heterocycles. The highest BCUT2D eigenvalue weighted by atomic mass is 16.2. The minimum Gasteiger partial charge on any atom is -0.353 e. The van der Waals surface area contributed by atoms with Crippen LogP contribution in [0.4, 0.5) is 0 Å². The summed E-state index contributed by atoms with van der Waals surface area (Å²) in [5.74, 6) is 0.772. The molecule has 1 aromatic heterocycles. The van der Waals surface area contributed by atoms with E-state index in [0.29, 0.717) is 6.54 Å². The zero-order valence-electron chi connectivity index (χ0n) is 11.7. The predicted octanol–water partition coefficient (Wildman–Crippen LogP) is 0.687. The molecule has 1 aromatic rings. The van der Waals surface area contributed by atoms with Gasteiger partial charge in [0.1, 0.15) is 18.7 Å². The fourth-order valence-electron chi connectivity index (χ4n) is 2.51. The van der Waals surface area contributed by atoms with Crippen LogP contribution in [0.15, 0.2) is 12.7 Å². The first kappa shape index (κ1) is 14.0. The Labute approximate surface area is 114 Å². The van der Waals surface area contributed by atoms with E-state index in [1.54, 1.807) is 11.0 Å². The number of nitrogens with zero attached hydrogens (tertiary/aromatic N) is 4. The number of piperidine rings is 1. The maximum Gasteiger partial charge on any atom is 0.244 e. The van der Waals surface area contributed by atoms with Gasteiger partial charge in [-0.1, -0.05) is 6.92 Å². The minimum absolute atomic E-state index is 0.00411. The highest BCUT2D eigenvalue weighted by molar-refractivity contribution is 5.79. The fourth-order valence-corrected chi connectivity index (χ4v) is 2.51. The molecule has 0 aliphatic carbocycles. The van der Waals surface area contributed by atoms with Gasteiger partial charge in [0.2, 0.25) is 5.91 Å². The van der Waals surface area contributed by atoms with Crippen LogP contribution >= 0.6 is 0 Å². The number of aromatic nitrogens is 3. The molecule has 2 heterocycles. The standard InChI is InChI=1S/C13H23N5O/c1-11-4-3-6-17(8-11)7-5-15-13(19)12(2)18-10-14-9-16-18/h9-12H,3-8H2,1-2H3,(H,15,19)/t11-,12-/m1/s1. The van der Waals surface area contributed by atoms with Crippen molar-refractivity contribution in [1.29, 1.82) is 0 Å². The number of carbonyl (C=O) groups is 1. The molecule has 2 rings (SSSR count). The van der Waals surface area contributed by atoms with Crippen molar-refractivity contribution in [3.8, 4) is 0 Å². The molecule has 0 aromatic carbocycles. The molecule has 19 heavy (non-hydrogen) atoms. The van der Waals surface area contributed by atoms with Crippen LogP contribution < -0.4 is 5.32 Å². The maximum absolute atomic E-state index is 11.9. The molecular formula is C13H23N5O. The van der Waals surface area contributed by atoms with Gasteiger partial charge in [-0.25, -0.2) is 9.67 Å². The first-order valence-corrected chi connectivity index (χ1v) is 7.01. The molecule has 6 nitrogen and oxygen atoms in total. The van der Waals surface area contributed by atoms with Crippen molar-refractivity contribution in [3.63, 3.8) is 0 Å². The minimum atomic E-state index is -0.303. The molecular weight excluding hydrogens is 242 g/mol. The van der Waals surface area contributed by atoms with Crippen molar-refractivity contribution in [3.05, 3.63) is 12.7 Å². The largest absolute Gasteiger partial charge is 0.353 e. The van der Waals surface area contributed by atoms with Gasteiger partial charge >= 0.3 is 0 Å². The van der Waals surface area contributed by atoms with Crippen LogP contribution in [0.25, 0.3) is 0 Å². The number of hydrogen-bond acceptors (Lipinski definition) is 4. The summed E-state index contributed by atoms with van der Waals surface area (Å²) in [6.07, 6.45) is 5.60. The highest BCUT2D eigenvalue weighted by Gasteiger charge is 2.17. The predicted molar refractivity (Wildman–Crippen MR) is 72.6 cm³/mol. The Kier molecular flexibility index (Phi) is 4.90. The van der Waals surface area contributed by atoms with Crippen molar-refractivity contribution < 1.29 is 4.79 Å². The molecule has 106 valence electrons. The van der Waals surface area contributed by atoms with Gasteiger partial charge in [0.05, 0.1) is 0 Å². The Morgan fingerprint density at radius 2 is 2.42 bits per heavy atom. The van der Waals surface area contributed by atoms with Crippen molar-refractivity contribution in [1.82, 2.24) is 25.0 Å². The molecule has 1 fully saturated rings. The van der Waals surface area contributed by atoms with E-state index in [1.807, 2.05) is 6.92 Å². The van der Waals surface area contributed by atoms with Crippen molar-refractivity contribution in [2.75, 3.05) is 26.2 Å². The van der Waals surface area contributed by atoms with Gasteiger partial charge in [0, 0.05) is 19.6 Å². The first-order chi connectivity index (χ1) is 9.16.